The van der Waals surface area contributed by atoms with E-state index in [-0.39, 0.29) is 34.2 Å². The average Bonchev–Trinajstić information content (AvgIpc) is 3.68. The molecule has 1 amide bonds. The maximum Gasteiger partial charge on any atom is 0.254 e. The molecule has 2 aliphatic heterocycles. The predicted octanol–water partition coefficient (Wildman–Crippen LogP) is 3.99. The van der Waals surface area contributed by atoms with Gasteiger partial charge in [-0.25, -0.2) is 12.7 Å². The van der Waals surface area contributed by atoms with Crippen LogP contribution in [0.2, 0.25) is 5.02 Å². The van der Waals surface area contributed by atoms with E-state index in [2.05, 4.69) is 10.3 Å². The Morgan fingerprint density at radius 3 is 2.47 bits per heavy atom. The first-order valence-corrected chi connectivity index (χ1v) is 15.8. The molecule has 3 aliphatic rings. The van der Waals surface area contributed by atoms with Gasteiger partial charge in [0.1, 0.15) is 0 Å². The Balaban J connectivity index is 1.31. The van der Waals surface area contributed by atoms with Gasteiger partial charge < -0.3 is 19.8 Å². The van der Waals surface area contributed by atoms with Gasteiger partial charge in [0.25, 0.3) is 17.3 Å². The first-order chi connectivity index (χ1) is 17.9. The monoisotopic (exact) mass is 581 g/mol. The number of halogens is 1. The minimum absolute atomic E-state index is 0.0495. The van der Waals surface area contributed by atoms with Gasteiger partial charge in [-0.1, -0.05) is 11.6 Å². The summed E-state index contributed by atoms with van der Waals surface area (Å²) in [5, 5.41) is 2.87. The van der Waals surface area contributed by atoms with Crippen molar-refractivity contribution >= 4 is 39.3 Å². The standard InChI is InChI=1S/C26H32ClN3O6S2/c1-14-11-21(37-4)19(25(32)29-14)13-28-24(31)18-12-20(27)23-22(15(18)2)35-26(3,36-23)16-7-9-30(10-8-16)38(33,34)17-5-6-17/h11-12,16-17H,5-10,13H2,1-4H3,(H,28,31)(H,29,32). The summed E-state index contributed by atoms with van der Waals surface area (Å²) in [6.45, 7) is 6.35. The van der Waals surface area contributed by atoms with E-state index < -0.39 is 15.8 Å². The quantitative estimate of drug-likeness (QED) is 0.475. The molecule has 1 unspecified atom stereocenters. The van der Waals surface area contributed by atoms with E-state index in [1.165, 1.54) is 11.8 Å². The molecule has 1 aliphatic carbocycles. The third kappa shape index (κ3) is 4.94. The van der Waals surface area contributed by atoms with E-state index in [9.17, 15) is 18.0 Å². The smallest absolute Gasteiger partial charge is 0.254 e. The van der Waals surface area contributed by atoms with Crippen molar-refractivity contribution in [2.24, 2.45) is 5.92 Å². The molecule has 12 heteroatoms. The largest absolute Gasteiger partial charge is 0.448 e. The summed E-state index contributed by atoms with van der Waals surface area (Å²) in [5.41, 5.74) is 1.93. The van der Waals surface area contributed by atoms with Crippen molar-refractivity contribution < 1.29 is 22.7 Å². The molecule has 1 saturated carbocycles. The van der Waals surface area contributed by atoms with Gasteiger partial charge >= 0.3 is 0 Å². The number of carbonyl (C=O) groups excluding carboxylic acids is 1. The number of rotatable bonds is 7. The van der Waals surface area contributed by atoms with Gasteiger partial charge in [-0.3, -0.25) is 9.59 Å². The summed E-state index contributed by atoms with van der Waals surface area (Å²) < 4.78 is 39.4. The number of aromatic nitrogens is 1. The highest BCUT2D eigenvalue weighted by molar-refractivity contribution is 7.98. The fraction of sp³-hybridized carbons (Fsp3) is 0.538. The lowest BCUT2D eigenvalue weighted by molar-refractivity contribution is -0.121. The van der Waals surface area contributed by atoms with Crippen LogP contribution in [0.15, 0.2) is 21.8 Å². The molecule has 38 heavy (non-hydrogen) atoms. The molecule has 206 valence electrons. The Labute approximate surface area is 231 Å². The number of aryl methyl sites for hydroxylation is 1. The summed E-state index contributed by atoms with van der Waals surface area (Å²) >= 11 is 8.01. The molecule has 2 N–H and O–H groups in total. The number of pyridine rings is 1. The highest BCUT2D eigenvalue weighted by Crippen LogP contribution is 2.51. The van der Waals surface area contributed by atoms with Gasteiger partial charge in [-0.05, 0) is 57.9 Å². The first kappa shape index (κ1) is 27.4. The summed E-state index contributed by atoms with van der Waals surface area (Å²) in [7, 11) is -3.21. The van der Waals surface area contributed by atoms with Crippen molar-refractivity contribution in [1.29, 1.82) is 0 Å². The number of benzene rings is 1. The number of sulfonamides is 1. The molecule has 2 fully saturated rings. The van der Waals surface area contributed by atoms with Crippen LogP contribution in [0.1, 0.15) is 59.8 Å². The summed E-state index contributed by atoms with van der Waals surface area (Å²) in [6, 6.07) is 3.43. The third-order valence-corrected chi connectivity index (χ3v) is 11.2. The van der Waals surface area contributed by atoms with Crippen LogP contribution in [-0.2, 0) is 16.6 Å². The molecule has 1 saturated heterocycles. The maximum absolute atomic E-state index is 13.2. The number of carbonyl (C=O) groups is 1. The topological polar surface area (TPSA) is 118 Å². The molecule has 3 heterocycles. The number of hydrogen-bond donors (Lipinski definition) is 2. The predicted molar refractivity (Wildman–Crippen MR) is 147 cm³/mol. The molecule has 5 rings (SSSR count). The number of piperidine rings is 1. The Bertz CT molecular complexity index is 1450. The van der Waals surface area contributed by atoms with Crippen LogP contribution in [0.3, 0.4) is 0 Å². The lowest BCUT2D eigenvalue weighted by atomic mass is 9.90. The zero-order valence-corrected chi connectivity index (χ0v) is 24.2. The van der Waals surface area contributed by atoms with E-state index >= 15 is 0 Å². The summed E-state index contributed by atoms with van der Waals surface area (Å²) in [6.07, 6.45) is 4.58. The second-order valence-corrected chi connectivity index (χ2v) is 13.8. The number of thioether (sulfide) groups is 1. The van der Waals surface area contributed by atoms with E-state index in [1.807, 2.05) is 26.2 Å². The third-order valence-electron chi connectivity index (χ3n) is 7.67. The summed E-state index contributed by atoms with van der Waals surface area (Å²) in [4.78, 5) is 29.2. The van der Waals surface area contributed by atoms with Crippen molar-refractivity contribution in [2.45, 2.75) is 68.9 Å². The SMILES string of the molecule is CSc1cc(C)[nH]c(=O)c1CNC(=O)c1cc(Cl)c2c(c1C)OC(C)(C1CCN(S(=O)(=O)C3CC3)CC1)O2. The molecule has 0 bridgehead atoms. The Morgan fingerprint density at radius 1 is 1.18 bits per heavy atom. The molecule has 0 radical (unpaired) electrons. The minimum atomic E-state index is -3.21. The molecule has 1 aromatic carbocycles. The van der Waals surface area contributed by atoms with Crippen LogP contribution in [-0.4, -0.2) is 54.0 Å². The van der Waals surface area contributed by atoms with Crippen LogP contribution in [0.25, 0.3) is 0 Å². The molecular formula is C26H32ClN3O6S2. The van der Waals surface area contributed by atoms with Crippen molar-refractivity contribution in [1.82, 2.24) is 14.6 Å². The van der Waals surface area contributed by atoms with Gasteiger partial charge in [-0.15, -0.1) is 11.8 Å². The molecule has 1 aromatic heterocycles. The Hall–Kier alpha value is -2.21. The molecular weight excluding hydrogens is 550 g/mol. The number of fused-ring (bicyclic) bond motifs is 1. The van der Waals surface area contributed by atoms with Gasteiger partial charge in [0.2, 0.25) is 10.0 Å². The van der Waals surface area contributed by atoms with Crippen LogP contribution in [0.4, 0.5) is 0 Å². The number of H-pyrrole nitrogens is 1. The number of nitrogens with zero attached hydrogens (tertiary/aromatic N) is 1. The van der Waals surface area contributed by atoms with Crippen molar-refractivity contribution in [3.05, 3.63) is 49.9 Å². The maximum atomic E-state index is 13.2. The van der Waals surface area contributed by atoms with Gasteiger partial charge in [0, 0.05) is 59.8 Å². The number of ether oxygens (including phenoxy) is 2. The zero-order valence-electron chi connectivity index (χ0n) is 21.9. The van der Waals surface area contributed by atoms with Crippen LogP contribution < -0.4 is 20.3 Å². The van der Waals surface area contributed by atoms with Crippen molar-refractivity contribution in [3.8, 4) is 11.5 Å². The van der Waals surface area contributed by atoms with Gasteiger partial charge in [-0.2, -0.15) is 0 Å². The fourth-order valence-corrected chi connectivity index (χ4v) is 8.07. The van der Waals surface area contributed by atoms with Gasteiger partial charge in [0.05, 0.1) is 10.3 Å². The first-order valence-electron chi connectivity index (χ1n) is 12.7. The van der Waals surface area contributed by atoms with Crippen LogP contribution in [0.5, 0.6) is 11.5 Å². The molecule has 1 atom stereocenters. The van der Waals surface area contributed by atoms with Crippen LogP contribution in [0, 0.1) is 19.8 Å². The second kappa shape index (κ2) is 10.1. The lowest BCUT2D eigenvalue weighted by Gasteiger charge is -2.38. The minimum Gasteiger partial charge on any atom is -0.448 e. The summed E-state index contributed by atoms with van der Waals surface area (Å²) in [5.74, 6) is -0.655. The molecule has 2 aromatic rings. The van der Waals surface area contributed by atoms with Crippen LogP contribution >= 0.6 is 23.4 Å². The highest BCUT2D eigenvalue weighted by Gasteiger charge is 2.49. The molecule has 0 spiro atoms. The van der Waals surface area contributed by atoms with E-state index in [0.29, 0.717) is 54.1 Å². The lowest BCUT2D eigenvalue weighted by Crippen LogP contribution is -2.50. The van der Waals surface area contributed by atoms with Crippen molar-refractivity contribution in [3.63, 3.8) is 0 Å². The second-order valence-electron chi connectivity index (χ2n) is 10.3. The van der Waals surface area contributed by atoms with E-state index in [1.54, 1.807) is 17.3 Å². The Morgan fingerprint density at radius 2 is 1.84 bits per heavy atom. The average molecular weight is 582 g/mol. The van der Waals surface area contributed by atoms with E-state index in [4.69, 9.17) is 21.1 Å². The normalized spacial score (nSPS) is 22.0. The number of aromatic amines is 1. The number of nitrogens with one attached hydrogen (secondary N) is 2. The number of amides is 1. The van der Waals surface area contributed by atoms with Gasteiger partial charge in [0.15, 0.2) is 11.5 Å². The zero-order chi connectivity index (χ0) is 27.4. The van der Waals surface area contributed by atoms with E-state index in [0.717, 1.165) is 23.4 Å². The fourth-order valence-electron chi connectivity index (χ4n) is 5.26. The highest BCUT2D eigenvalue weighted by atomic mass is 35.5. The van der Waals surface area contributed by atoms with Crippen molar-refractivity contribution in [2.75, 3.05) is 19.3 Å². The molecule has 9 nitrogen and oxygen atoms in total. The number of hydrogen-bond acceptors (Lipinski definition) is 7. The Kier molecular flexibility index (Phi) is 7.25.